The van der Waals surface area contributed by atoms with E-state index in [4.69, 9.17) is 11.6 Å². The van der Waals surface area contributed by atoms with Gasteiger partial charge in [0.2, 0.25) is 0 Å². The average molecular weight is 322 g/mol. The maximum Gasteiger partial charge on any atom is 0.290 e. The van der Waals surface area contributed by atoms with Crippen molar-refractivity contribution < 1.29 is 10.0 Å². The van der Waals surface area contributed by atoms with Crippen molar-refractivity contribution >= 4 is 23.1 Å². The van der Waals surface area contributed by atoms with Crippen LogP contribution in [0.1, 0.15) is 18.2 Å². The van der Waals surface area contributed by atoms with E-state index in [0.29, 0.717) is 22.1 Å². The van der Waals surface area contributed by atoms with Gasteiger partial charge in [-0.3, -0.25) is 10.1 Å². The van der Waals surface area contributed by atoms with Crippen LogP contribution in [-0.2, 0) is 5.60 Å². The van der Waals surface area contributed by atoms with Crippen LogP contribution >= 0.6 is 11.6 Å². The molecule has 2 N–H and O–H groups in total. The molecule has 0 aliphatic carbocycles. The minimum atomic E-state index is -1.20. The first kappa shape index (κ1) is 16.2. The summed E-state index contributed by atoms with van der Waals surface area (Å²) < 4.78 is 0. The van der Waals surface area contributed by atoms with E-state index in [-0.39, 0.29) is 12.2 Å². The van der Waals surface area contributed by atoms with Crippen molar-refractivity contribution in [3.05, 3.63) is 62.8 Å². The molecule has 0 spiro atoms. The Balaban J connectivity index is 2.14. The number of anilines is 1. The summed E-state index contributed by atoms with van der Waals surface area (Å²) in [5.41, 5.74) is -0.325. The van der Waals surface area contributed by atoms with E-state index in [1.54, 1.807) is 38.1 Å². The summed E-state index contributed by atoms with van der Waals surface area (Å²) in [5, 5.41) is 24.8. The van der Waals surface area contributed by atoms with Gasteiger partial charge >= 0.3 is 0 Å². The second-order valence-electron chi connectivity index (χ2n) is 5.17. The summed E-state index contributed by atoms with van der Waals surface area (Å²) >= 11 is 6.09. The first-order valence-corrected chi connectivity index (χ1v) is 7.02. The fourth-order valence-electron chi connectivity index (χ4n) is 2.10. The zero-order chi connectivity index (χ0) is 16.3. The lowest BCUT2D eigenvalue weighted by atomic mass is 9.96. The zero-order valence-electron chi connectivity index (χ0n) is 12.2. The van der Waals surface area contributed by atoms with Gasteiger partial charge in [-0.05, 0) is 26.0 Å². The van der Waals surface area contributed by atoms with Crippen molar-refractivity contribution in [1.29, 1.82) is 0 Å². The lowest BCUT2D eigenvalue weighted by Crippen LogP contribution is -2.31. The van der Waals surface area contributed by atoms with Crippen LogP contribution in [-0.4, -0.2) is 21.6 Å². The molecule has 6 nitrogen and oxygen atoms in total. The molecule has 1 unspecified atom stereocenters. The molecular formula is C15H16ClN3O3. The molecule has 1 aromatic carbocycles. The first-order valence-electron chi connectivity index (χ1n) is 6.64. The predicted molar refractivity (Wildman–Crippen MR) is 85.1 cm³/mol. The topological polar surface area (TPSA) is 88.3 Å². The van der Waals surface area contributed by atoms with Crippen LogP contribution < -0.4 is 5.32 Å². The fourth-order valence-corrected chi connectivity index (χ4v) is 2.44. The van der Waals surface area contributed by atoms with Gasteiger partial charge in [0.25, 0.3) is 5.69 Å². The number of pyridine rings is 1. The molecule has 7 heteroatoms. The second-order valence-corrected chi connectivity index (χ2v) is 5.57. The Bertz CT molecular complexity index is 704. The lowest BCUT2D eigenvalue weighted by Gasteiger charge is -2.25. The van der Waals surface area contributed by atoms with Crippen molar-refractivity contribution in [3.63, 3.8) is 0 Å². The van der Waals surface area contributed by atoms with Crippen molar-refractivity contribution in [3.8, 4) is 0 Å². The monoisotopic (exact) mass is 321 g/mol. The standard InChI is InChI=1S/C15H16ClN3O3/c1-10-13(19(21)22)7-8-14(18-10)17-9-15(2,20)11-5-3-4-6-12(11)16/h3-8,20H,9H2,1-2H3,(H,17,18). The van der Waals surface area contributed by atoms with Gasteiger partial charge in [-0.15, -0.1) is 0 Å². The number of benzene rings is 1. The molecule has 22 heavy (non-hydrogen) atoms. The molecule has 0 saturated carbocycles. The molecule has 2 rings (SSSR count). The number of hydrogen-bond donors (Lipinski definition) is 2. The van der Waals surface area contributed by atoms with Crippen LogP contribution in [0.15, 0.2) is 36.4 Å². The summed E-state index contributed by atoms with van der Waals surface area (Å²) in [7, 11) is 0. The highest BCUT2D eigenvalue weighted by Crippen LogP contribution is 2.28. The Labute approximate surface area is 132 Å². The van der Waals surface area contributed by atoms with Gasteiger partial charge in [0.1, 0.15) is 17.1 Å². The maximum atomic E-state index is 10.8. The number of rotatable bonds is 5. The Morgan fingerprint density at radius 2 is 2.05 bits per heavy atom. The van der Waals surface area contributed by atoms with Crippen LogP contribution in [0.2, 0.25) is 5.02 Å². The van der Waals surface area contributed by atoms with Crippen LogP contribution in [0.25, 0.3) is 0 Å². The van der Waals surface area contributed by atoms with E-state index in [9.17, 15) is 15.2 Å². The summed E-state index contributed by atoms with van der Waals surface area (Å²) in [6.07, 6.45) is 0. The second kappa shape index (κ2) is 6.29. The first-order chi connectivity index (χ1) is 10.3. The number of aliphatic hydroxyl groups is 1. The van der Waals surface area contributed by atoms with Crippen molar-refractivity contribution in [2.24, 2.45) is 0 Å². The molecule has 0 aliphatic rings. The Hall–Kier alpha value is -2.18. The van der Waals surface area contributed by atoms with Crippen molar-refractivity contribution in [1.82, 2.24) is 4.98 Å². The number of nitrogens with one attached hydrogen (secondary N) is 1. The van der Waals surface area contributed by atoms with Crippen LogP contribution in [0.5, 0.6) is 0 Å². The Morgan fingerprint density at radius 3 is 2.64 bits per heavy atom. The number of halogens is 1. The summed E-state index contributed by atoms with van der Waals surface area (Å²) in [6, 6.07) is 9.93. The summed E-state index contributed by atoms with van der Waals surface area (Å²) in [4.78, 5) is 14.4. The highest BCUT2D eigenvalue weighted by atomic mass is 35.5. The van der Waals surface area contributed by atoms with Gasteiger partial charge in [0.15, 0.2) is 0 Å². The van der Waals surface area contributed by atoms with Gasteiger partial charge in [0.05, 0.1) is 4.92 Å². The molecule has 116 valence electrons. The highest BCUT2D eigenvalue weighted by Gasteiger charge is 2.25. The van der Waals surface area contributed by atoms with E-state index in [2.05, 4.69) is 10.3 Å². The summed E-state index contributed by atoms with van der Waals surface area (Å²) in [5.74, 6) is 0.454. The third-order valence-electron chi connectivity index (χ3n) is 3.32. The van der Waals surface area contributed by atoms with Gasteiger partial charge in [-0.2, -0.15) is 0 Å². The van der Waals surface area contributed by atoms with Gasteiger partial charge in [-0.25, -0.2) is 4.98 Å². The average Bonchev–Trinajstić information content (AvgIpc) is 2.45. The summed E-state index contributed by atoms with van der Waals surface area (Å²) in [6.45, 7) is 3.37. The molecule has 1 heterocycles. The number of hydrogen-bond acceptors (Lipinski definition) is 5. The third kappa shape index (κ3) is 3.52. The predicted octanol–water partition coefficient (Wildman–Crippen LogP) is 3.27. The third-order valence-corrected chi connectivity index (χ3v) is 3.65. The molecule has 0 aliphatic heterocycles. The van der Waals surface area contributed by atoms with Crippen LogP contribution in [0.3, 0.4) is 0 Å². The Kier molecular flexibility index (Phi) is 4.63. The number of nitro groups is 1. The zero-order valence-corrected chi connectivity index (χ0v) is 13.0. The number of aromatic nitrogens is 1. The normalized spacial score (nSPS) is 13.5. The van der Waals surface area contributed by atoms with E-state index in [1.807, 2.05) is 0 Å². The largest absolute Gasteiger partial charge is 0.384 e. The quantitative estimate of drug-likeness (QED) is 0.651. The fraction of sp³-hybridized carbons (Fsp3) is 0.267. The molecule has 1 atom stereocenters. The van der Waals surface area contributed by atoms with Gasteiger partial charge in [0, 0.05) is 23.2 Å². The lowest BCUT2D eigenvalue weighted by molar-refractivity contribution is -0.385. The van der Waals surface area contributed by atoms with Crippen LogP contribution in [0, 0.1) is 17.0 Å². The highest BCUT2D eigenvalue weighted by molar-refractivity contribution is 6.31. The molecule has 0 radical (unpaired) electrons. The van der Waals surface area contributed by atoms with E-state index in [1.165, 1.54) is 12.1 Å². The van der Waals surface area contributed by atoms with Crippen molar-refractivity contribution in [2.45, 2.75) is 19.4 Å². The maximum absolute atomic E-state index is 10.8. The van der Waals surface area contributed by atoms with E-state index < -0.39 is 10.5 Å². The number of nitrogens with zero attached hydrogens (tertiary/aromatic N) is 2. The molecule has 0 fully saturated rings. The molecule has 0 bridgehead atoms. The minimum absolute atomic E-state index is 0.0385. The van der Waals surface area contributed by atoms with Gasteiger partial charge in [-0.1, -0.05) is 29.8 Å². The SMILES string of the molecule is Cc1nc(NCC(C)(O)c2ccccc2Cl)ccc1[N+](=O)[O-]. The molecule has 1 aromatic heterocycles. The van der Waals surface area contributed by atoms with E-state index in [0.717, 1.165) is 0 Å². The molecule has 0 saturated heterocycles. The van der Waals surface area contributed by atoms with E-state index >= 15 is 0 Å². The molecular weight excluding hydrogens is 306 g/mol. The van der Waals surface area contributed by atoms with Crippen LogP contribution in [0.4, 0.5) is 11.5 Å². The van der Waals surface area contributed by atoms with Crippen molar-refractivity contribution in [2.75, 3.05) is 11.9 Å². The minimum Gasteiger partial charge on any atom is -0.384 e. The smallest absolute Gasteiger partial charge is 0.290 e. The number of aryl methyl sites for hydroxylation is 1. The van der Waals surface area contributed by atoms with Gasteiger partial charge < -0.3 is 10.4 Å². The Morgan fingerprint density at radius 1 is 1.36 bits per heavy atom. The molecule has 2 aromatic rings. The molecule has 0 amide bonds.